The molecule has 3 N–H and O–H groups in total. The first-order valence-electron chi connectivity index (χ1n) is 4.45. The molecule has 0 amide bonds. The van der Waals surface area contributed by atoms with Gasteiger partial charge in [-0.3, -0.25) is 4.90 Å². The minimum atomic E-state index is -0.463. The van der Waals surface area contributed by atoms with E-state index >= 15 is 0 Å². The Morgan fingerprint density at radius 2 is 2.00 bits per heavy atom. The Labute approximate surface area is 71.4 Å². The average Bonchev–Trinajstić information content (AvgIpc) is 2.52. The van der Waals surface area contributed by atoms with Crippen molar-refractivity contribution in [3.8, 4) is 0 Å². The molecule has 0 aromatic rings. The molecule has 2 fully saturated rings. The molecule has 0 aliphatic carbocycles. The average molecular weight is 173 g/mol. The Balaban J connectivity index is 2.12. The molecule has 0 radical (unpaired) electrons. The van der Waals surface area contributed by atoms with Crippen molar-refractivity contribution in [2.24, 2.45) is 5.92 Å². The lowest BCUT2D eigenvalue weighted by molar-refractivity contribution is 0.0518. The maximum Gasteiger partial charge on any atom is 0.0733 e. The van der Waals surface area contributed by atoms with Crippen molar-refractivity contribution >= 4 is 0 Å². The summed E-state index contributed by atoms with van der Waals surface area (Å²) in [5.74, 6) is -0.150. The number of nitrogens with zero attached hydrogens (tertiary/aromatic N) is 1. The van der Waals surface area contributed by atoms with Gasteiger partial charge in [-0.25, -0.2) is 0 Å². The summed E-state index contributed by atoms with van der Waals surface area (Å²) >= 11 is 0. The van der Waals surface area contributed by atoms with Gasteiger partial charge in [0.2, 0.25) is 0 Å². The van der Waals surface area contributed by atoms with Gasteiger partial charge in [-0.1, -0.05) is 0 Å². The van der Waals surface area contributed by atoms with Gasteiger partial charge in [-0.2, -0.15) is 0 Å². The SMILES string of the molecule is OC[C@H]1[C@@H]2[C@H](O)CCN2C[C@@H]1O. The van der Waals surface area contributed by atoms with E-state index in [1.54, 1.807) is 0 Å². The molecule has 12 heavy (non-hydrogen) atoms. The highest BCUT2D eigenvalue weighted by atomic mass is 16.3. The molecule has 0 unspecified atom stereocenters. The Morgan fingerprint density at radius 3 is 2.67 bits per heavy atom. The second kappa shape index (κ2) is 2.96. The summed E-state index contributed by atoms with van der Waals surface area (Å²) in [4.78, 5) is 2.07. The predicted octanol–water partition coefficient (Wildman–Crippen LogP) is -1.60. The Morgan fingerprint density at radius 1 is 1.25 bits per heavy atom. The Kier molecular flexibility index (Phi) is 2.08. The third-order valence-electron chi connectivity index (χ3n) is 3.09. The zero-order valence-electron chi connectivity index (χ0n) is 6.93. The monoisotopic (exact) mass is 173 g/mol. The maximum absolute atomic E-state index is 9.55. The number of aliphatic hydroxyl groups excluding tert-OH is 3. The normalized spacial score (nSPS) is 48.2. The van der Waals surface area contributed by atoms with Crippen molar-refractivity contribution in [1.29, 1.82) is 0 Å². The molecule has 4 atom stereocenters. The highest BCUT2D eigenvalue weighted by Crippen LogP contribution is 2.32. The number of rotatable bonds is 1. The molecule has 0 bridgehead atoms. The molecule has 2 aliphatic rings. The lowest BCUT2D eigenvalue weighted by Gasteiger charge is -2.21. The topological polar surface area (TPSA) is 63.9 Å². The molecule has 0 aromatic heterocycles. The fourth-order valence-corrected chi connectivity index (χ4v) is 2.46. The van der Waals surface area contributed by atoms with Crippen LogP contribution in [0.15, 0.2) is 0 Å². The van der Waals surface area contributed by atoms with E-state index in [2.05, 4.69) is 4.90 Å². The molecule has 70 valence electrons. The summed E-state index contributed by atoms with van der Waals surface area (Å²) in [6, 6.07) is -0.00926. The number of hydrogen-bond acceptors (Lipinski definition) is 4. The lowest BCUT2D eigenvalue weighted by atomic mass is 9.95. The second-order valence-electron chi connectivity index (χ2n) is 3.76. The fraction of sp³-hybridized carbons (Fsp3) is 1.00. The third kappa shape index (κ3) is 1.07. The molecule has 0 spiro atoms. The van der Waals surface area contributed by atoms with Gasteiger partial charge in [-0.05, 0) is 6.42 Å². The van der Waals surface area contributed by atoms with E-state index in [-0.39, 0.29) is 24.7 Å². The van der Waals surface area contributed by atoms with E-state index in [9.17, 15) is 10.2 Å². The van der Waals surface area contributed by atoms with E-state index in [1.165, 1.54) is 0 Å². The van der Waals surface area contributed by atoms with E-state index in [0.717, 1.165) is 13.0 Å². The quantitative estimate of drug-likeness (QED) is 0.447. The van der Waals surface area contributed by atoms with Gasteiger partial charge in [0.05, 0.1) is 18.8 Å². The highest BCUT2D eigenvalue weighted by molar-refractivity contribution is 5.00. The summed E-state index contributed by atoms with van der Waals surface area (Å²) in [5, 5.41) is 28.1. The van der Waals surface area contributed by atoms with Gasteiger partial charge in [0.25, 0.3) is 0 Å². The van der Waals surface area contributed by atoms with Crippen LogP contribution in [-0.4, -0.2) is 58.2 Å². The smallest absolute Gasteiger partial charge is 0.0733 e. The van der Waals surface area contributed by atoms with Crippen LogP contribution in [-0.2, 0) is 0 Å². The summed E-state index contributed by atoms with van der Waals surface area (Å²) in [6.45, 7) is 1.42. The van der Waals surface area contributed by atoms with Crippen molar-refractivity contribution in [3.63, 3.8) is 0 Å². The third-order valence-corrected chi connectivity index (χ3v) is 3.09. The van der Waals surface area contributed by atoms with Crippen LogP contribution in [0.5, 0.6) is 0 Å². The van der Waals surface area contributed by atoms with Gasteiger partial charge < -0.3 is 15.3 Å². The number of hydrogen-bond donors (Lipinski definition) is 3. The summed E-state index contributed by atoms with van der Waals surface area (Å²) in [6.07, 6.45) is -0.0531. The predicted molar refractivity (Wildman–Crippen MR) is 42.6 cm³/mol. The Hall–Kier alpha value is -0.160. The van der Waals surface area contributed by atoms with Gasteiger partial charge in [0.15, 0.2) is 0 Å². The van der Waals surface area contributed by atoms with Crippen LogP contribution < -0.4 is 0 Å². The van der Waals surface area contributed by atoms with Crippen LogP contribution in [0.1, 0.15) is 6.42 Å². The molecule has 2 rings (SSSR count). The van der Waals surface area contributed by atoms with Crippen LogP contribution in [0.3, 0.4) is 0 Å². The van der Waals surface area contributed by atoms with Crippen molar-refractivity contribution in [2.45, 2.75) is 24.7 Å². The van der Waals surface area contributed by atoms with E-state index in [4.69, 9.17) is 5.11 Å². The molecule has 4 heteroatoms. The van der Waals surface area contributed by atoms with E-state index in [0.29, 0.717) is 6.54 Å². The Bertz CT molecular complexity index is 176. The van der Waals surface area contributed by atoms with Crippen LogP contribution in [0.2, 0.25) is 0 Å². The van der Waals surface area contributed by atoms with Gasteiger partial charge >= 0.3 is 0 Å². The van der Waals surface area contributed by atoms with Gasteiger partial charge in [0, 0.05) is 25.0 Å². The standard InChI is InChI=1S/C8H15NO3/c10-4-5-7(12)3-9-2-1-6(11)8(5)9/h5-8,10-12H,1-4H2/t5-,6-,7+,8-/m1/s1. The molecule has 0 aromatic carbocycles. The first-order chi connectivity index (χ1) is 5.74. The molecule has 2 heterocycles. The van der Waals surface area contributed by atoms with Gasteiger partial charge in [-0.15, -0.1) is 0 Å². The van der Waals surface area contributed by atoms with Crippen LogP contribution in [0, 0.1) is 5.92 Å². The molecule has 0 saturated carbocycles. The zero-order chi connectivity index (χ0) is 8.72. The lowest BCUT2D eigenvalue weighted by Crippen LogP contribution is -2.36. The van der Waals surface area contributed by atoms with Crippen molar-refractivity contribution in [1.82, 2.24) is 4.90 Å². The number of fused-ring (bicyclic) bond motifs is 1. The summed E-state index contributed by atoms with van der Waals surface area (Å²) < 4.78 is 0. The first kappa shape index (κ1) is 8.44. The second-order valence-corrected chi connectivity index (χ2v) is 3.76. The van der Waals surface area contributed by atoms with Crippen molar-refractivity contribution in [3.05, 3.63) is 0 Å². The van der Waals surface area contributed by atoms with E-state index < -0.39 is 6.10 Å². The maximum atomic E-state index is 9.55. The van der Waals surface area contributed by atoms with Crippen molar-refractivity contribution in [2.75, 3.05) is 19.7 Å². The fourth-order valence-electron chi connectivity index (χ4n) is 2.46. The van der Waals surface area contributed by atoms with Crippen LogP contribution in [0.4, 0.5) is 0 Å². The van der Waals surface area contributed by atoms with E-state index in [1.807, 2.05) is 0 Å². The molecule has 2 saturated heterocycles. The minimum absolute atomic E-state index is 0.00926. The summed E-state index contributed by atoms with van der Waals surface area (Å²) in [7, 11) is 0. The highest BCUT2D eigenvalue weighted by Gasteiger charge is 2.47. The van der Waals surface area contributed by atoms with Gasteiger partial charge in [0.1, 0.15) is 0 Å². The molecule has 2 aliphatic heterocycles. The largest absolute Gasteiger partial charge is 0.396 e. The van der Waals surface area contributed by atoms with Crippen LogP contribution in [0.25, 0.3) is 0 Å². The first-order valence-corrected chi connectivity index (χ1v) is 4.45. The molecular formula is C8H15NO3. The zero-order valence-corrected chi connectivity index (χ0v) is 6.93. The van der Waals surface area contributed by atoms with Crippen LogP contribution >= 0.6 is 0 Å². The van der Waals surface area contributed by atoms with Crippen molar-refractivity contribution < 1.29 is 15.3 Å². The molecule has 4 nitrogen and oxygen atoms in total. The number of aliphatic hydroxyl groups is 3. The summed E-state index contributed by atoms with van der Waals surface area (Å²) in [5.41, 5.74) is 0. The molecular weight excluding hydrogens is 158 g/mol. The minimum Gasteiger partial charge on any atom is -0.396 e.